The number of rotatable bonds is 3. The lowest BCUT2D eigenvalue weighted by molar-refractivity contribution is 1.56. The lowest BCUT2D eigenvalue weighted by atomic mass is 10.8. The standard InChI is InChI=1S/C5H8S2/c1-2-4-7-5-3-6/h1,6H,3-5H2. The zero-order valence-corrected chi connectivity index (χ0v) is 5.77. The van der Waals surface area contributed by atoms with Gasteiger partial charge in [-0.3, -0.25) is 0 Å². The summed E-state index contributed by atoms with van der Waals surface area (Å²) in [5.41, 5.74) is 0. The van der Waals surface area contributed by atoms with Crippen molar-refractivity contribution in [3.63, 3.8) is 0 Å². The van der Waals surface area contributed by atoms with Crippen molar-refractivity contribution >= 4 is 24.4 Å². The smallest absolute Gasteiger partial charge is 0.0545 e. The van der Waals surface area contributed by atoms with Gasteiger partial charge in [0.1, 0.15) is 0 Å². The third kappa shape index (κ3) is 6.26. The molecular formula is C5H8S2. The summed E-state index contributed by atoms with van der Waals surface area (Å²) in [4.78, 5) is 0. The third-order valence-electron chi connectivity index (χ3n) is 0.421. The van der Waals surface area contributed by atoms with Crippen LogP contribution >= 0.6 is 24.4 Å². The van der Waals surface area contributed by atoms with Crippen molar-refractivity contribution in [2.75, 3.05) is 17.3 Å². The molecule has 0 bridgehead atoms. The summed E-state index contributed by atoms with van der Waals surface area (Å²) in [5.74, 6) is 5.34. The van der Waals surface area contributed by atoms with Crippen molar-refractivity contribution in [2.24, 2.45) is 0 Å². The van der Waals surface area contributed by atoms with E-state index < -0.39 is 0 Å². The van der Waals surface area contributed by atoms with Gasteiger partial charge in [-0.2, -0.15) is 12.6 Å². The van der Waals surface area contributed by atoms with Crippen molar-refractivity contribution < 1.29 is 0 Å². The lowest BCUT2D eigenvalue weighted by Gasteiger charge is -1.86. The van der Waals surface area contributed by atoms with Gasteiger partial charge in [0.2, 0.25) is 0 Å². The van der Waals surface area contributed by atoms with Crippen LogP contribution in [0.1, 0.15) is 0 Å². The topological polar surface area (TPSA) is 0 Å². The van der Waals surface area contributed by atoms with Crippen LogP contribution in [0.15, 0.2) is 0 Å². The van der Waals surface area contributed by atoms with Gasteiger partial charge in [0.25, 0.3) is 0 Å². The molecule has 2 heteroatoms. The Morgan fingerprint density at radius 3 is 2.86 bits per heavy atom. The van der Waals surface area contributed by atoms with E-state index in [2.05, 4.69) is 18.5 Å². The largest absolute Gasteiger partial charge is 0.179 e. The summed E-state index contributed by atoms with van der Waals surface area (Å²) in [5, 5.41) is 0. The quantitative estimate of drug-likeness (QED) is 0.343. The Labute approximate surface area is 54.5 Å². The predicted octanol–water partition coefficient (Wildman–Crippen LogP) is 1.28. The molecule has 0 saturated carbocycles. The molecule has 0 aliphatic rings. The minimum atomic E-state index is 0.820. The molecule has 0 N–H and O–H groups in total. The highest BCUT2D eigenvalue weighted by Gasteiger charge is 1.77. The van der Waals surface area contributed by atoms with E-state index in [9.17, 15) is 0 Å². The first-order chi connectivity index (χ1) is 3.41. The van der Waals surface area contributed by atoms with E-state index in [0.717, 1.165) is 17.3 Å². The van der Waals surface area contributed by atoms with Crippen LogP contribution in [0, 0.1) is 12.3 Å². The Bertz CT molecular complexity index is 63.0. The van der Waals surface area contributed by atoms with E-state index in [1.54, 1.807) is 11.8 Å². The average molecular weight is 132 g/mol. The fourth-order valence-electron chi connectivity index (χ4n) is 0.196. The monoisotopic (exact) mass is 132 g/mol. The summed E-state index contributed by atoms with van der Waals surface area (Å²) < 4.78 is 0. The van der Waals surface area contributed by atoms with Gasteiger partial charge < -0.3 is 0 Å². The van der Waals surface area contributed by atoms with Gasteiger partial charge in [0.15, 0.2) is 0 Å². The van der Waals surface area contributed by atoms with Crippen LogP contribution in [0.2, 0.25) is 0 Å². The number of hydrogen-bond acceptors (Lipinski definition) is 2. The lowest BCUT2D eigenvalue weighted by Crippen LogP contribution is -1.78. The maximum atomic E-state index is 4.97. The van der Waals surface area contributed by atoms with Crippen LogP contribution in [-0.4, -0.2) is 17.3 Å². The molecule has 0 aromatic carbocycles. The number of thiol groups is 1. The zero-order valence-electron chi connectivity index (χ0n) is 4.05. The molecular weight excluding hydrogens is 124 g/mol. The van der Waals surface area contributed by atoms with Crippen molar-refractivity contribution in [1.29, 1.82) is 0 Å². The Balaban J connectivity index is 2.60. The average Bonchev–Trinajstić information content (AvgIpc) is 1.69. The second kappa shape index (κ2) is 6.26. The zero-order chi connectivity index (χ0) is 5.54. The maximum Gasteiger partial charge on any atom is 0.0545 e. The fraction of sp³-hybridized carbons (Fsp3) is 0.600. The van der Waals surface area contributed by atoms with Crippen LogP contribution < -0.4 is 0 Å². The van der Waals surface area contributed by atoms with E-state index in [0.29, 0.717) is 0 Å². The molecule has 0 aliphatic heterocycles. The highest BCUT2D eigenvalue weighted by molar-refractivity contribution is 8.00. The minimum absolute atomic E-state index is 0.820. The van der Waals surface area contributed by atoms with Gasteiger partial charge in [-0.15, -0.1) is 18.2 Å². The van der Waals surface area contributed by atoms with Gasteiger partial charge in [0, 0.05) is 5.75 Å². The number of hydrogen-bond donors (Lipinski definition) is 1. The van der Waals surface area contributed by atoms with Gasteiger partial charge >= 0.3 is 0 Å². The van der Waals surface area contributed by atoms with Crippen molar-refractivity contribution in [1.82, 2.24) is 0 Å². The van der Waals surface area contributed by atoms with Crippen molar-refractivity contribution in [3.8, 4) is 12.3 Å². The van der Waals surface area contributed by atoms with Gasteiger partial charge in [0.05, 0.1) is 5.75 Å². The molecule has 0 aliphatic carbocycles. The second-order valence-corrected chi connectivity index (χ2v) is 2.53. The van der Waals surface area contributed by atoms with Gasteiger partial charge in [-0.05, 0) is 5.75 Å². The van der Waals surface area contributed by atoms with Crippen LogP contribution in [0.5, 0.6) is 0 Å². The first-order valence-corrected chi connectivity index (χ1v) is 3.82. The molecule has 0 amide bonds. The first kappa shape index (κ1) is 7.26. The summed E-state index contributed by atoms with van der Waals surface area (Å²) in [6, 6.07) is 0. The summed E-state index contributed by atoms with van der Waals surface area (Å²) in [7, 11) is 0. The Kier molecular flexibility index (Phi) is 6.49. The van der Waals surface area contributed by atoms with Gasteiger partial charge in [-0.1, -0.05) is 5.92 Å². The molecule has 0 heterocycles. The highest BCUT2D eigenvalue weighted by Crippen LogP contribution is 1.96. The molecule has 0 aromatic heterocycles. The molecule has 0 aromatic rings. The predicted molar refractivity (Wildman–Crippen MR) is 40.0 cm³/mol. The highest BCUT2D eigenvalue weighted by atomic mass is 32.2. The Hall–Kier alpha value is 0.260. The molecule has 0 unspecified atom stereocenters. The van der Waals surface area contributed by atoms with Gasteiger partial charge in [-0.25, -0.2) is 0 Å². The van der Waals surface area contributed by atoms with Crippen molar-refractivity contribution in [3.05, 3.63) is 0 Å². The molecule has 0 spiro atoms. The van der Waals surface area contributed by atoms with Crippen LogP contribution in [-0.2, 0) is 0 Å². The Morgan fingerprint density at radius 2 is 2.43 bits per heavy atom. The van der Waals surface area contributed by atoms with Crippen LogP contribution in [0.25, 0.3) is 0 Å². The molecule has 0 radical (unpaired) electrons. The van der Waals surface area contributed by atoms with E-state index in [-0.39, 0.29) is 0 Å². The second-order valence-electron chi connectivity index (χ2n) is 0.980. The summed E-state index contributed by atoms with van der Waals surface area (Å²) >= 11 is 5.74. The molecule has 0 rings (SSSR count). The van der Waals surface area contributed by atoms with Crippen LogP contribution in [0.3, 0.4) is 0 Å². The number of terminal acetylenes is 1. The van der Waals surface area contributed by atoms with Crippen molar-refractivity contribution in [2.45, 2.75) is 0 Å². The minimum Gasteiger partial charge on any atom is -0.179 e. The van der Waals surface area contributed by atoms with Crippen LogP contribution in [0.4, 0.5) is 0 Å². The van der Waals surface area contributed by atoms with E-state index in [4.69, 9.17) is 6.42 Å². The maximum absolute atomic E-state index is 4.97. The molecule has 0 atom stereocenters. The SMILES string of the molecule is C#CCSCCS. The number of thioether (sulfide) groups is 1. The molecule has 0 saturated heterocycles. The normalized spacial score (nSPS) is 8.00. The molecule has 0 nitrogen and oxygen atoms in total. The van der Waals surface area contributed by atoms with E-state index >= 15 is 0 Å². The first-order valence-electron chi connectivity index (χ1n) is 2.04. The molecule has 7 heavy (non-hydrogen) atoms. The summed E-state index contributed by atoms with van der Waals surface area (Å²) in [6.45, 7) is 0. The van der Waals surface area contributed by atoms with E-state index in [1.165, 1.54) is 0 Å². The van der Waals surface area contributed by atoms with E-state index in [1.807, 2.05) is 0 Å². The summed E-state index contributed by atoms with van der Waals surface area (Å²) in [6.07, 6.45) is 4.97. The fourth-order valence-corrected chi connectivity index (χ4v) is 0.974. The molecule has 40 valence electrons. The third-order valence-corrected chi connectivity index (χ3v) is 1.81. The molecule has 0 fully saturated rings. The Morgan fingerprint density at radius 1 is 1.71 bits per heavy atom.